The number of carboxylic acid groups (broad SMARTS) is 1. The molecule has 5 N–H and O–H groups in total. The summed E-state index contributed by atoms with van der Waals surface area (Å²) in [6, 6.07) is 19.9. The van der Waals surface area contributed by atoms with E-state index in [1.54, 1.807) is 105 Å². The fourth-order valence-electron chi connectivity index (χ4n) is 10.2. The number of amides is 6. The Morgan fingerprint density at radius 2 is 1.25 bits per heavy atom. The van der Waals surface area contributed by atoms with Gasteiger partial charge >= 0.3 is 5.97 Å². The van der Waals surface area contributed by atoms with E-state index in [2.05, 4.69) is 21.3 Å². The van der Waals surface area contributed by atoms with Crippen molar-refractivity contribution >= 4 is 111 Å². The molecular weight excluding hydrogens is 1180 g/mol. The number of aliphatic imine (C=N–C) groups is 2. The summed E-state index contributed by atoms with van der Waals surface area (Å²) in [6.07, 6.45) is 11.7. The number of benzene rings is 4. The molecule has 0 radical (unpaired) electrons. The van der Waals surface area contributed by atoms with E-state index < -0.39 is 48.4 Å². The van der Waals surface area contributed by atoms with Crippen molar-refractivity contribution < 1.29 is 71.9 Å². The summed E-state index contributed by atoms with van der Waals surface area (Å²) in [6.45, 7) is 4.82. The second kappa shape index (κ2) is 30.8. The predicted octanol–water partition coefficient (Wildman–Crippen LogP) is 7.49. The first-order valence-electron chi connectivity index (χ1n) is 28.7. The van der Waals surface area contributed by atoms with Gasteiger partial charge in [-0.15, -0.1) is 11.8 Å². The highest BCUT2D eigenvalue weighted by Crippen LogP contribution is 2.42. The summed E-state index contributed by atoms with van der Waals surface area (Å²) in [7, 11) is 4.63. The fourth-order valence-corrected chi connectivity index (χ4v) is 11.0. The third kappa shape index (κ3) is 16.8. The van der Waals surface area contributed by atoms with Crippen molar-refractivity contribution in [2.45, 2.75) is 70.7 Å². The number of nitrogens with one attached hydrogen (secondary N) is 4. The van der Waals surface area contributed by atoms with Gasteiger partial charge in [0.1, 0.15) is 12.4 Å². The molecule has 25 heteroatoms. The SMILES string of the molecule is COc1ccc(C2=CN3C(=O)c4cc(OC)c(OCCCOc5cc6c(cc5OC)C(=O)N5C=C(c7ccc(NC(=O)[C@H](C)CC(=O)[C@@H](NC(=O)COC(CNC(=O)CSC)CNC(=O)/C(=C\C(=O)O)SC)C(C)C)cc7)C[C@H]5C=N6)cc4N=C[C@@H]3C2)cc1. The molecule has 6 amide bonds. The van der Waals surface area contributed by atoms with Crippen molar-refractivity contribution in [1.29, 1.82) is 0 Å². The van der Waals surface area contributed by atoms with Crippen molar-refractivity contribution in [2.24, 2.45) is 21.8 Å². The molecule has 4 heterocycles. The number of aliphatic carboxylic acids is 1. The Labute approximate surface area is 524 Å². The maximum Gasteiger partial charge on any atom is 0.329 e. The van der Waals surface area contributed by atoms with E-state index in [4.69, 9.17) is 43.5 Å². The summed E-state index contributed by atoms with van der Waals surface area (Å²) in [5.74, 6) is -2.83. The minimum absolute atomic E-state index is 0.0604. The van der Waals surface area contributed by atoms with Crippen molar-refractivity contribution in [1.82, 2.24) is 25.8 Å². The minimum Gasteiger partial charge on any atom is -0.497 e. The van der Waals surface area contributed by atoms with E-state index in [1.165, 1.54) is 26.0 Å². The lowest BCUT2D eigenvalue weighted by molar-refractivity contribution is -0.134. The average Bonchev–Trinajstić information content (AvgIpc) is 1.73. The fraction of sp³-hybridized carbons (Fsp3) is 0.375. The third-order valence-corrected chi connectivity index (χ3v) is 16.2. The molecule has 4 aliphatic heterocycles. The van der Waals surface area contributed by atoms with Crippen LogP contribution < -0.4 is 45.0 Å². The number of carboxylic acids is 1. The lowest BCUT2D eigenvalue weighted by Gasteiger charge is -2.24. The largest absolute Gasteiger partial charge is 0.497 e. The Morgan fingerprint density at radius 1 is 0.708 bits per heavy atom. The Morgan fingerprint density at radius 3 is 1.74 bits per heavy atom. The van der Waals surface area contributed by atoms with Gasteiger partial charge < -0.3 is 64.6 Å². The number of carbonyl (C=O) groups is 8. The number of nitrogens with zero attached hydrogens (tertiary/aromatic N) is 4. The Balaban J connectivity index is 0.806. The predicted molar refractivity (Wildman–Crippen MR) is 340 cm³/mol. The van der Waals surface area contributed by atoms with E-state index in [-0.39, 0.29) is 84.9 Å². The highest BCUT2D eigenvalue weighted by molar-refractivity contribution is 8.03. The van der Waals surface area contributed by atoms with Crippen LogP contribution >= 0.6 is 23.5 Å². The number of hydrogen-bond donors (Lipinski definition) is 5. The molecule has 5 atom stereocenters. The number of hydrogen-bond acceptors (Lipinski definition) is 18. The molecule has 89 heavy (non-hydrogen) atoms. The minimum atomic E-state index is -1.30. The second-order valence-corrected chi connectivity index (χ2v) is 23.2. The van der Waals surface area contributed by atoms with Crippen molar-refractivity contribution in [3.63, 3.8) is 0 Å². The van der Waals surface area contributed by atoms with Crippen molar-refractivity contribution in [3.8, 4) is 28.7 Å². The molecule has 23 nitrogen and oxygen atoms in total. The Kier molecular flexibility index (Phi) is 22.8. The standard InChI is InChI=1S/C64H72N8O15S2/c1-36(2)60(70-57(74)34-87-46(30-67-58(75)35-88-7)31-68-62(79)56(89-8)27-59(76)77)51(73)20-37(3)61(78)69-42-14-10-38(11-15-42)40-21-43-28-65-49-25-54(52(83-5)23-47(49)63(80)71(43)32-40)85-18-9-19-86-55-26-50-48(24-53(55)84-6)64(81)72-33-41(22-44(72)29-66-50)39-12-16-45(82-4)17-13-39/h10-17,23-29,32-33,36-37,43-44,46,60H,9,18-22,30-31,34-35H2,1-8H3,(H,67,75)(H,68,79)(H,69,78)(H,70,74)(H,76,77)/b56-27+/t37-,43+,44+,46?,60+/m1/s1. The number of anilines is 1. The lowest BCUT2D eigenvalue weighted by Crippen LogP contribution is -2.48. The first-order chi connectivity index (χ1) is 42.8. The van der Waals surface area contributed by atoms with Crippen LogP contribution in [0, 0.1) is 11.8 Å². The number of rotatable bonds is 30. The van der Waals surface area contributed by atoms with Crippen LogP contribution in [0.25, 0.3) is 11.1 Å². The number of ether oxygens (including phenoxy) is 6. The summed E-state index contributed by atoms with van der Waals surface area (Å²) >= 11 is 2.24. The van der Waals surface area contributed by atoms with Crippen LogP contribution in [0.2, 0.25) is 0 Å². The Hall–Kier alpha value is -8.94. The van der Waals surface area contributed by atoms with E-state index in [1.807, 2.05) is 42.6 Å². The van der Waals surface area contributed by atoms with Crippen LogP contribution in [-0.4, -0.2) is 171 Å². The zero-order valence-corrected chi connectivity index (χ0v) is 52.3. The molecule has 470 valence electrons. The normalized spacial score (nSPS) is 16.7. The number of thioether (sulfide) groups is 2. The monoisotopic (exact) mass is 1260 g/mol. The van der Waals surface area contributed by atoms with Gasteiger partial charge in [-0.25, -0.2) is 4.79 Å². The van der Waals surface area contributed by atoms with Gasteiger partial charge in [-0.05, 0) is 77.1 Å². The van der Waals surface area contributed by atoms with Gasteiger partial charge in [0.05, 0.1) is 91.9 Å². The molecule has 0 aliphatic carbocycles. The number of ketones is 1. The molecule has 0 bridgehead atoms. The number of fused-ring (bicyclic) bond motifs is 4. The van der Waals surface area contributed by atoms with E-state index in [0.717, 1.165) is 45.9 Å². The lowest BCUT2D eigenvalue weighted by atomic mass is 9.92. The zero-order valence-electron chi connectivity index (χ0n) is 50.6. The van der Waals surface area contributed by atoms with Crippen LogP contribution in [0.1, 0.15) is 78.3 Å². The van der Waals surface area contributed by atoms with Gasteiger partial charge in [-0.1, -0.05) is 45.0 Å². The van der Waals surface area contributed by atoms with Crippen molar-refractivity contribution in [2.75, 3.05) is 77.8 Å². The summed E-state index contributed by atoms with van der Waals surface area (Å²) in [5.41, 5.74) is 5.82. The van der Waals surface area contributed by atoms with Gasteiger partial charge in [0.25, 0.3) is 17.7 Å². The quantitative estimate of drug-likeness (QED) is 0.0250. The van der Waals surface area contributed by atoms with Gasteiger partial charge in [0, 0.05) is 93.4 Å². The van der Waals surface area contributed by atoms with Gasteiger partial charge in [0.15, 0.2) is 28.8 Å². The van der Waals surface area contributed by atoms with E-state index >= 15 is 0 Å². The Bertz CT molecular complexity index is 3490. The highest BCUT2D eigenvalue weighted by Gasteiger charge is 2.36. The number of Topliss-reactive ketones (excluding diaryl/α,β-unsaturated/α-hetero) is 1. The molecule has 4 aliphatic rings. The number of methoxy groups -OCH3 is 3. The molecule has 4 aromatic carbocycles. The molecular formula is C64H72N8O15S2. The van der Waals surface area contributed by atoms with Crippen LogP contribution in [-0.2, 0) is 33.5 Å². The molecule has 0 aromatic heterocycles. The topological polar surface area (TPSA) is 291 Å². The van der Waals surface area contributed by atoms with Gasteiger partial charge in [-0.3, -0.25) is 43.5 Å². The molecule has 0 saturated heterocycles. The summed E-state index contributed by atoms with van der Waals surface area (Å²) in [4.78, 5) is 117. The first-order valence-corrected chi connectivity index (χ1v) is 31.3. The molecule has 8 rings (SSSR count). The van der Waals surface area contributed by atoms with E-state index in [0.29, 0.717) is 70.4 Å². The van der Waals surface area contributed by atoms with Crippen LogP contribution in [0.3, 0.4) is 0 Å². The summed E-state index contributed by atoms with van der Waals surface area (Å²) in [5, 5.41) is 19.9. The third-order valence-electron chi connectivity index (χ3n) is 14.9. The maximum absolute atomic E-state index is 14.2. The molecule has 4 aromatic rings. The number of carbonyl (C=O) groups excluding carboxylic acids is 7. The maximum atomic E-state index is 14.2. The highest BCUT2D eigenvalue weighted by atomic mass is 32.2. The van der Waals surface area contributed by atoms with Gasteiger partial charge in [-0.2, -0.15) is 11.8 Å². The smallest absolute Gasteiger partial charge is 0.329 e. The molecule has 1 unspecified atom stereocenters. The average molecular weight is 1260 g/mol. The molecule has 0 fully saturated rings. The summed E-state index contributed by atoms with van der Waals surface area (Å²) < 4.78 is 34.8. The first kappa shape index (κ1) is 66.0. The van der Waals surface area contributed by atoms with E-state index in [9.17, 15) is 38.4 Å². The van der Waals surface area contributed by atoms with Crippen LogP contribution in [0.15, 0.2) is 106 Å². The van der Waals surface area contributed by atoms with Crippen LogP contribution in [0.5, 0.6) is 28.7 Å². The molecule has 0 saturated carbocycles. The van der Waals surface area contributed by atoms with Crippen LogP contribution in [0.4, 0.5) is 17.1 Å². The van der Waals surface area contributed by atoms with Gasteiger partial charge in [0.2, 0.25) is 17.7 Å². The second-order valence-electron chi connectivity index (χ2n) is 21.5. The molecule has 0 spiro atoms. The zero-order chi connectivity index (χ0) is 63.9. The van der Waals surface area contributed by atoms with Crippen molar-refractivity contribution in [3.05, 3.63) is 118 Å².